The average molecular weight is 294 g/mol. The Morgan fingerprint density at radius 1 is 1.24 bits per heavy atom. The molecule has 0 spiro atoms. The monoisotopic (exact) mass is 294 g/mol. The van der Waals surface area contributed by atoms with Crippen LogP contribution in [-0.2, 0) is 4.79 Å². The number of nitrogens with zero attached hydrogens (tertiary/aromatic N) is 2. The molecule has 1 aliphatic carbocycles. The molecule has 118 valence electrons. The summed E-state index contributed by atoms with van der Waals surface area (Å²) in [5.74, 6) is 0.228. The number of fused-ring (bicyclic) bond motifs is 1. The molecule has 0 aromatic rings. The van der Waals surface area contributed by atoms with Crippen molar-refractivity contribution in [2.75, 3.05) is 32.7 Å². The standard InChI is InChI=1S/C15H26N4O2/c16-11-15(5-3-1-2-4-6-15)13(20)18-7-8-19-12(10-18)9-17-14(19)21/h12H,1-11,16H2,(H,17,21). The molecule has 2 aliphatic heterocycles. The van der Waals surface area contributed by atoms with Crippen molar-refractivity contribution in [1.29, 1.82) is 0 Å². The number of rotatable bonds is 2. The average Bonchev–Trinajstić information content (AvgIpc) is 2.74. The molecular weight excluding hydrogens is 268 g/mol. The zero-order valence-electron chi connectivity index (χ0n) is 12.6. The van der Waals surface area contributed by atoms with Crippen molar-refractivity contribution in [3.63, 3.8) is 0 Å². The van der Waals surface area contributed by atoms with E-state index in [0.29, 0.717) is 32.7 Å². The molecule has 0 radical (unpaired) electrons. The Hall–Kier alpha value is -1.30. The van der Waals surface area contributed by atoms with Gasteiger partial charge in [0.2, 0.25) is 5.91 Å². The minimum atomic E-state index is -0.352. The van der Waals surface area contributed by atoms with Crippen LogP contribution < -0.4 is 11.1 Å². The quantitative estimate of drug-likeness (QED) is 0.729. The lowest BCUT2D eigenvalue weighted by atomic mass is 9.78. The van der Waals surface area contributed by atoms with E-state index >= 15 is 0 Å². The molecule has 1 atom stereocenters. The highest BCUT2D eigenvalue weighted by Gasteiger charge is 2.44. The number of piperazine rings is 1. The topological polar surface area (TPSA) is 78.7 Å². The second kappa shape index (κ2) is 5.83. The molecule has 0 bridgehead atoms. The lowest BCUT2D eigenvalue weighted by molar-refractivity contribution is -0.144. The van der Waals surface area contributed by atoms with Crippen LogP contribution in [0.4, 0.5) is 4.79 Å². The van der Waals surface area contributed by atoms with Gasteiger partial charge in [-0.15, -0.1) is 0 Å². The summed E-state index contributed by atoms with van der Waals surface area (Å²) in [6, 6.07) is 0.144. The third-order valence-corrected chi connectivity index (χ3v) is 5.42. The van der Waals surface area contributed by atoms with Crippen molar-refractivity contribution < 1.29 is 9.59 Å². The summed E-state index contributed by atoms with van der Waals surface area (Å²) in [6.07, 6.45) is 6.47. The van der Waals surface area contributed by atoms with Crippen molar-refractivity contribution in [2.24, 2.45) is 11.1 Å². The van der Waals surface area contributed by atoms with Gasteiger partial charge in [0, 0.05) is 32.7 Å². The van der Waals surface area contributed by atoms with Crippen LogP contribution in [0, 0.1) is 5.41 Å². The SMILES string of the molecule is NCC1(C(=O)N2CCN3C(=O)NCC3C2)CCCCCC1. The predicted molar refractivity (Wildman–Crippen MR) is 79.7 cm³/mol. The summed E-state index contributed by atoms with van der Waals surface area (Å²) >= 11 is 0. The fourth-order valence-corrected chi connectivity index (χ4v) is 4.03. The molecule has 0 aromatic heterocycles. The van der Waals surface area contributed by atoms with E-state index in [2.05, 4.69) is 5.32 Å². The van der Waals surface area contributed by atoms with Gasteiger partial charge in [0.05, 0.1) is 11.5 Å². The molecule has 3 rings (SSSR count). The number of carbonyl (C=O) groups is 2. The van der Waals surface area contributed by atoms with E-state index in [0.717, 1.165) is 25.7 Å². The fraction of sp³-hybridized carbons (Fsp3) is 0.867. The number of carbonyl (C=O) groups excluding carboxylic acids is 2. The summed E-state index contributed by atoms with van der Waals surface area (Å²) < 4.78 is 0. The Bertz CT molecular complexity index is 418. The van der Waals surface area contributed by atoms with Gasteiger partial charge in [0.1, 0.15) is 0 Å². The summed E-state index contributed by atoms with van der Waals surface area (Å²) in [5, 5.41) is 2.86. The second-order valence-corrected chi connectivity index (χ2v) is 6.68. The minimum absolute atomic E-state index is 0.00936. The van der Waals surface area contributed by atoms with Gasteiger partial charge >= 0.3 is 6.03 Å². The van der Waals surface area contributed by atoms with Crippen LogP contribution in [-0.4, -0.2) is 60.5 Å². The lowest BCUT2D eigenvalue weighted by Crippen LogP contribution is -2.58. The van der Waals surface area contributed by atoms with E-state index in [9.17, 15) is 9.59 Å². The van der Waals surface area contributed by atoms with Gasteiger partial charge in [-0.2, -0.15) is 0 Å². The van der Waals surface area contributed by atoms with Gasteiger partial charge < -0.3 is 20.9 Å². The van der Waals surface area contributed by atoms with Crippen LogP contribution >= 0.6 is 0 Å². The Kier molecular flexibility index (Phi) is 4.06. The van der Waals surface area contributed by atoms with Gasteiger partial charge in [-0.25, -0.2) is 4.79 Å². The maximum Gasteiger partial charge on any atom is 0.317 e. The molecule has 3 N–H and O–H groups in total. The van der Waals surface area contributed by atoms with Crippen molar-refractivity contribution in [3.8, 4) is 0 Å². The number of nitrogens with two attached hydrogens (primary N) is 1. The van der Waals surface area contributed by atoms with Gasteiger partial charge in [0.25, 0.3) is 0 Å². The Morgan fingerprint density at radius 3 is 2.62 bits per heavy atom. The van der Waals surface area contributed by atoms with E-state index in [1.807, 2.05) is 9.80 Å². The molecule has 3 fully saturated rings. The maximum atomic E-state index is 13.1. The molecule has 21 heavy (non-hydrogen) atoms. The van der Waals surface area contributed by atoms with Crippen LogP contribution in [0.15, 0.2) is 0 Å². The molecule has 3 aliphatic rings. The number of hydrogen-bond acceptors (Lipinski definition) is 3. The first kappa shape index (κ1) is 14.6. The van der Waals surface area contributed by atoms with Crippen LogP contribution in [0.25, 0.3) is 0 Å². The van der Waals surface area contributed by atoms with Crippen LogP contribution in [0.3, 0.4) is 0 Å². The second-order valence-electron chi connectivity index (χ2n) is 6.68. The highest BCUT2D eigenvalue weighted by molar-refractivity contribution is 5.84. The fourth-order valence-electron chi connectivity index (χ4n) is 4.03. The Balaban J connectivity index is 1.70. The zero-order chi connectivity index (χ0) is 14.9. The molecule has 3 amide bonds. The summed E-state index contributed by atoms with van der Waals surface area (Å²) in [5.41, 5.74) is 5.67. The third kappa shape index (κ3) is 2.61. The van der Waals surface area contributed by atoms with E-state index < -0.39 is 0 Å². The summed E-state index contributed by atoms with van der Waals surface area (Å²) in [4.78, 5) is 28.5. The van der Waals surface area contributed by atoms with Crippen molar-refractivity contribution in [2.45, 2.75) is 44.6 Å². The molecule has 6 heteroatoms. The molecule has 6 nitrogen and oxygen atoms in total. The first-order valence-corrected chi connectivity index (χ1v) is 8.20. The van der Waals surface area contributed by atoms with Gasteiger partial charge in [-0.3, -0.25) is 4.79 Å². The number of hydrogen-bond donors (Lipinski definition) is 2. The molecule has 2 saturated heterocycles. The Morgan fingerprint density at radius 2 is 1.95 bits per heavy atom. The molecule has 0 aromatic carbocycles. The number of urea groups is 1. The normalized spacial score (nSPS) is 28.8. The smallest absolute Gasteiger partial charge is 0.317 e. The highest BCUT2D eigenvalue weighted by atomic mass is 16.2. The minimum Gasteiger partial charge on any atom is -0.338 e. The molecule has 1 saturated carbocycles. The largest absolute Gasteiger partial charge is 0.338 e. The highest BCUT2D eigenvalue weighted by Crippen LogP contribution is 2.36. The Labute approximate surface area is 126 Å². The number of nitrogens with one attached hydrogen (secondary N) is 1. The van der Waals surface area contributed by atoms with Gasteiger partial charge in [-0.05, 0) is 12.8 Å². The zero-order valence-corrected chi connectivity index (χ0v) is 12.6. The van der Waals surface area contributed by atoms with E-state index in [4.69, 9.17) is 5.73 Å². The summed E-state index contributed by atoms with van der Waals surface area (Å²) in [7, 11) is 0. The lowest BCUT2D eigenvalue weighted by Gasteiger charge is -2.41. The van der Waals surface area contributed by atoms with Crippen molar-refractivity contribution >= 4 is 11.9 Å². The molecule has 1 unspecified atom stereocenters. The molecule has 2 heterocycles. The first-order valence-electron chi connectivity index (χ1n) is 8.20. The van der Waals surface area contributed by atoms with E-state index in [1.165, 1.54) is 12.8 Å². The van der Waals surface area contributed by atoms with Crippen LogP contribution in [0.5, 0.6) is 0 Å². The maximum absolute atomic E-state index is 13.1. The third-order valence-electron chi connectivity index (χ3n) is 5.42. The van der Waals surface area contributed by atoms with E-state index in [1.54, 1.807) is 0 Å². The first-order chi connectivity index (χ1) is 10.2. The van der Waals surface area contributed by atoms with Crippen molar-refractivity contribution in [3.05, 3.63) is 0 Å². The predicted octanol–water partition coefficient (Wildman–Crippen LogP) is 0.522. The van der Waals surface area contributed by atoms with E-state index in [-0.39, 0.29) is 23.4 Å². The van der Waals surface area contributed by atoms with Gasteiger partial charge in [0.15, 0.2) is 0 Å². The summed E-state index contributed by atoms with van der Waals surface area (Å²) in [6.45, 7) is 3.04. The van der Waals surface area contributed by atoms with Crippen molar-refractivity contribution in [1.82, 2.24) is 15.1 Å². The van der Waals surface area contributed by atoms with Gasteiger partial charge in [-0.1, -0.05) is 25.7 Å². The number of amides is 3. The molecular formula is C15H26N4O2. The van der Waals surface area contributed by atoms with Crippen LogP contribution in [0.2, 0.25) is 0 Å². The van der Waals surface area contributed by atoms with Crippen LogP contribution in [0.1, 0.15) is 38.5 Å².